The van der Waals surface area contributed by atoms with E-state index in [9.17, 15) is 14.0 Å². The number of hydrogen-bond donors (Lipinski definition) is 2. The number of rotatable bonds is 5. The summed E-state index contributed by atoms with van der Waals surface area (Å²) >= 11 is 0. The van der Waals surface area contributed by atoms with Crippen molar-refractivity contribution in [3.63, 3.8) is 0 Å². The molecule has 1 aliphatic rings. The molecule has 5 nitrogen and oxygen atoms in total. The van der Waals surface area contributed by atoms with Crippen molar-refractivity contribution in [2.45, 2.75) is 24.8 Å². The lowest BCUT2D eigenvalue weighted by Crippen LogP contribution is -2.34. The number of amides is 2. The molecule has 2 aromatic carbocycles. The van der Waals surface area contributed by atoms with Crippen LogP contribution in [0.1, 0.15) is 24.0 Å². The molecule has 0 heterocycles. The van der Waals surface area contributed by atoms with E-state index in [1.165, 1.54) is 19.2 Å². The molecule has 0 aromatic heterocycles. The summed E-state index contributed by atoms with van der Waals surface area (Å²) in [5, 5.41) is 5.48. The Morgan fingerprint density at radius 2 is 1.88 bits per heavy atom. The van der Waals surface area contributed by atoms with E-state index in [2.05, 4.69) is 15.4 Å². The first-order valence-electron chi connectivity index (χ1n) is 8.02. The van der Waals surface area contributed by atoms with Crippen molar-refractivity contribution in [2.75, 3.05) is 12.4 Å². The first-order chi connectivity index (χ1) is 12.0. The summed E-state index contributed by atoms with van der Waals surface area (Å²) in [5.41, 5.74) is 1.64. The zero-order valence-corrected chi connectivity index (χ0v) is 13.8. The Balaban J connectivity index is 1.60. The number of carbonyl (C=O) groups excluding carboxylic acids is 2. The summed E-state index contributed by atoms with van der Waals surface area (Å²) < 4.78 is 17.9. The average molecular weight is 342 g/mol. The van der Waals surface area contributed by atoms with Crippen LogP contribution in [-0.4, -0.2) is 19.1 Å². The van der Waals surface area contributed by atoms with E-state index in [4.69, 9.17) is 0 Å². The van der Waals surface area contributed by atoms with E-state index >= 15 is 0 Å². The van der Waals surface area contributed by atoms with E-state index in [-0.39, 0.29) is 11.7 Å². The van der Waals surface area contributed by atoms with E-state index in [1.807, 2.05) is 12.1 Å². The standard InChI is InChI=1S/C19H19FN2O3/c1-25-18(24)22-16-7-5-13(6-8-16)12-21-17(23)19(9-10-19)14-3-2-4-15(20)11-14/h2-8,11H,9-10,12H2,1H3,(H,21,23)(H,22,24). The number of hydrogen-bond acceptors (Lipinski definition) is 3. The molecule has 130 valence electrons. The largest absolute Gasteiger partial charge is 0.453 e. The summed E-state index contributed by atoms with van der Waals surface area (Å²) in [6.07, 6.45) is 0.918. The minimum Gasteiger partial charge on any atom is -0.453 e. The van der Waals surface area contributed by atoms with Gasteiger partial charge in [0, 0.05) is 12.2 Å². The van der Waals surface area contributed by atoms with Crippen molar-refractivity contribution in [2.24, 2.45) is 0 Å². The van der Waals surface area contributed by atoms with Gasteiger partial charge in [0.15, 0.2) is 0 Å². The van der Waals surface area contributed by atoms with Gasteiger partial charge in [0.25, 0.3) is 0 Å². The summed E-state index contributed by atoms with van der Waals surface area (Å²) in [6, 6.07) is 13.3. The predicted molar refractivity (Wildman–Crippen MR) is 91.6 cm³/mol. The molecule has 2 amide bonds. The number of nitrogens with one attached hydrogen (secondary N) is 2. The third kappa shape index (κ3) is 3.79. The maximum absolute atomic E-state index is 13.4. The first-order valence-corrected chi connectivity index (χ1v) is 8.02. The number of benzene rings is 2. The predicted octanol–water partition coefficient (Wildman–Crippen LogP) is 3.35. The smallest absolute Gasteiger partial charge is 0.411 e. The van der Waals surface area contributed by atoms with Gasteiger partial charge < -0.3 is 10.1 Å². The number of carbonyl (C=O) groups is 2. The zero-order chi connectivity index (χ0) is 17.9. The van der Waals surface area contributed by atoms with E-state index in [0.717, 1.165) is 24.0 Å². The SMILES string of the molecule is COC(=O)Nc1ccc(CNC(=O)C2(c3cccc(F)c3)CC2)cc1. The fraction of sp³-hybridized carbons (Fsp3) is 0.263. The molecule has 6 heteroatoms. The molecule has 1 saturated carbocycles. The number of halogens is 1. The second-order valence-electron chi connectivity index (χ2n) is 6.09. The molecular formula is C19H19FN2O3. The first kappa shape index (κ1) is 17.0. The fourth-order valence-electron chi connectivity index (χ4n) is 2.78. The molecule has 0 saturated heterocycles. The van der Waals surface area contributed by atoms with Gasteiger partial charge in [0.05, 0.1) is 12.5 Å². The Labute approximate surface area is 145 Å². The molecule has 0 atom stereocenters. The lowest BCUT2D eigenvalue weighted by molar-refractivity contribution is -0.123. The molecule has 0 spiro atoms. The van der Waals surface area contributed by atoms with E-state index < -0.39 is 11.5 Å². The molecule has 25 heavy (non-hydrogen) atoms. The van der Waals surface area contributed by atoms with Gasteiger partial charge >= 0.3 is 6.09 Å². The molecule has 2 aromatic rings. The van der Waals surface area contributed by atoms with Crippen LogP contribution in [0.3, 0.4) is 0 Å². The van der Waals surface area contributed by atoms with Gasteiger partial charge in [-0.25, -0.2) is 9.18 Å². The van der Waals surface area contributed by atoms with Gasteiger partial charge in [0.2, 0.25) is 5.91 Å². The Hall–Kier alpha value is -2.89. The molecule has 3 rings (SSSR count). The minimum absolute atomic E-state index is 0.0881. The van der Waals surface area contributed by atoms with Crippen molar-refractivity contribution in [1.82, 2.24) is 5.32 Å². The van der Waals surface area contributed by atoms with Crippen LogP contribution in [0.2, 0.25) is 0 Å². The fourth-order valence-corrected chi connectivity index (χ4v) is 2.78. The van der Waals surface area contributed by atoms with Crippen LogP contribution >= 0.6 is 0 Å². The minimum atomic E-state index is -0.603. The second-order valence-corrected chi connectivity index (χ2v) is 6.09. The van der Waals surface area contributed by atoms with Crippen molar-refractivity contribution < 1.29 is 18.7 Å². The molecule has 0 unspecified atom stereocenters. The maximum atomic E-state index is 13.4. The van der Waals surface area contributed by atoms with Crippen LogP contribution in [0, 0.1) is 5.82 Å². The molecule has 1 aliphatic carbocycles. The highest BCUT2D eigenvalue weighted by Gasteiger charge is 2.51. The van der Waals surface area contributed by atoms with Crippen LogP contribution in [0.5, 0.6) is 0 Å². The zero-order valence-electron chi connectivity index (χ0n) is 13.8. The Morgan fingerprint density at radius 1 is 1.16 bits per heavy atom. The van der Waals surface area contributed by atoms with Gasteiger partial charge in [-0.1, -0.05) is 24.3 Å². The van der Waals surface area contributed by atoms with E-state index in [1.54, 1.807) is 24.3 Å². The molecule has 0 bridgehead atoms. The van der Waals surface area contributed by atoms with Crippen LogP contribution in [-0.2, 0) is 21.5 Å². The Kier molecular flexibility index (Phi) is 4.70. The maximum Gasteiger partial charge on any atom is 0.411 e. The molecular weight excluding hydrogens is 323 g/mol. The van der Waals surface area contributed by atoms with Crippen molar-refractivity contribution in [3.8, 4) is 0 Å². The topological polar surface area (TPSA) is 67.4 Å². The highest BCUT2D eigenvalue weighted by atomic mass is 19.1. The van der Waals surface area contributed by atoms with Crippen LogP contribution in [0.15, 0.2) is 48.5 Å². The number of anilines is 1. The third-order valence-electron chi connectivity index (χ3n) is 4.40. The van der Waals surface area contributed by atoms with Crippen molar-refractivity contribution in [1.29, 1.82) is 0 Å². The van der Waals surface area contributed by atoms with Crippen LogP contribution < -0.4 is 10.6 Å². The summed E-state index contributed by atoms with van der Waals surface area (Å²) in [5.74, 6) is -0.417. The van der Waals surface area contributed by atoms with Crippen molar-refractivity contribution in [3.05, 3.63) is 65.5 Å². The number of methoxy groups -OCH3 is 1. The monoisotopic (exact) mass is 342 g/mol. The highest BCUT2D eigenvalue weighted by Crippen LogP contribution is 2.48. The molecule has 0 aliphatic heterocycles. The van der Waals surface area contributed by atoms with Crippen LogP contribution in [0.25, 0.3) is 0 Å². The third-order valence-corrected chi connectivity index (χ3v) is 4.40. The number of ether oxygens (including phenoxy) is 1. The Morgan fingerprint density at radius 3 is 2.48 bits per heavy atom. The Bertz CT molecular complexity index is 786. The van der Waals surface area contributed by atoms with Gasteiger partial charge in [-0.15, -0.1) is 0 Å². The van der Waals surface area contributed by atoms with Gasteiger partial charge in [-0.2, -0.15) is 0 Å². The summed E-state index contributed by atoms with van der Waals surface area (Å²) in [7, 11) is 1.30. The summed E-state index contributed by atoms with van der Waals surface area (Å²) in [6.45, 7) is 0.369. The van der Waals surface area contributed by atoms with Gasteiger partial charge in [-0.05, 0) is 48.2 Å². The highest BCUT2D eigenvalue weighted by molar-refractivity contribution is 5.91. The second kappa shape index (κ2) is 6.93. The van der Waals surface area contributed by atoms with Crippen molar-refractivity contribution >= 4 is 17.7 Å². The lowest BCUT2D eigenvalue weighted by atomic mass is 9.95. The summed E-state index contributed by atoms with van der Waals surface area (Å²) in [4.78, 5) is 23.7. The quantitative estimate of drug-likeness (QED) is 0.876. The average Bonchev–Trinajstić information content (AvgIpc) is 3.43. The van der Waals surface area contributed by atoms with Crippen LogP contribution in [0.4, 0.5) is 14.9 Å². The van der Waals surface area contributed by atoms with Gasteiger partial charge in [-0.3, -0.25) is 10.1 Å². The lowest BCUT2D eigenvalue weighted by Gasteiger charge is -2.16. The molecule has 2 N–H and O–H groups in total. The molecule has 0 radical (unpaired) electrons. The van der Waals surface area contributed by atoms with E-state index in [0.29, 0.717) is 12.2 Å². The normalized spacial score (nSPS) is 14.5. The molecule has 1 fully saturated rings. The van der Waals surface area contributed by atoms with Gasteiger partial charge in [0.1, 0.15) is 5.82 Å².